The summed E-state index contributed by atoms with van der Waals surface area (Å²) in [5, 5.41) is 0.811. The molecule has 0 N–H and O–H groups in total. The monoisotopic (exact) mass is 396 g/mol. The molecule has 6 heteroatoms. The van der Waals surface area contributed by atoms with Crippen molar-refractivity contribution in [3.63, 3.8) is 0 Å². The molecule has 0 unspecified atom stereocenters. The van der Waals surface area contributed by atoms with E-state index in [1.54, 1.807) is 31.4 Å². The van der Waals surface area contributed by atoms with Crippen molar-refractivity contribution in [2.24, 2.45) is 5.92 Å². The van der Waals surface area contributed by atoms with Crippen molar-refractivity contribution >= 4 is 26.4 Å². The highest BCUT2D eigenvalue weighted by atomic mass is 32.2. The van der Waals surface area contributed by atoms with Crippen molar-refractivity contribution in [1.82, 2.24) is 4.98 Å². The highest BCUT2D eigenvalue weighted by Gasteiger charge is 2.28. The lowest BCUT2D eigenvalue weighted by atomic mass is 9.99. The Morgan fingerprint density at radius 1 is 1.14 bits per heavy atom. The smallest absolute Gasteiger partial charge is 0.210 e. The quantitative estimate of drug-likeness (QED) is 0.658. The summed E-state index contributed by atoms with van der Waals surface area (Å²) in [6, 6.07) is 14.2. The second-order valence-electron chi connectivity index (χ2n) is 7.36. The van der Waals surface area contributed by atoms with Gasteiger partial charge in [0.25, 0.3) is 0 Å². The normalized spacial score (nSPS) is 17.6. The van der Waals surface area contributed by atoms with Gasteiger partial charge in [0.1, 0.15) is 10.6 Å². The molecule has 1 aliphatic heterocycles. The highest BCUT2D eigenvalue weighted by Crippen LogP contribution is 2.38. The maximum Gasteiger partial charge on any atom is 0.210 e. The van der Waals surface area contributed by atoms with Gasteiger partial charge in [-0.05, 0) is 49.1 Å². The molecule has 1 fully saturated rings. The molecule has 2 heterocycles. The number of ether oxygens (including phenoxy) is 1. The molecular weight excluding hydrogens is 372 g/mol. The van der Waals surface area contributed by atoms with Crippen LogP contribution < -0.4 is 9.64 Å². The summed E-state index contributed by atoms with van der Waals surface area (Å²) < 4.78 is 32.4. The number of sulfone groups is 1. The first-order valence-corrected chi connectivity index (χ1v) is 11.0. The Labute approximate surface area is 165 Å². The minimum Gasteiger partial charge on any atom is -0.497 e. The maximum absolute atomic E-state index is 13.5. The number of anilines is 1. The van der Waals surface area contributed by atoms with Gasteiger partial charge in [0.05, 0.1) is 23.2 Å². The van der Waals surface area contributed by atoms with Crippen LogP contribution in [0.2, 0.25) is 0 Å². The van der Waals surface area contributed by atoms with E-state index in [0.717, 1.165) is 42.5 Å². The SMILES string of the molecule is COc1ccc2ncc(S(=O)(=O)c3ccccc3)c(N3CCC[C@@H](C)C3)c2c1. The first-order chi connectivity index (χ1) is 13.5. The number of rotatable bonds is 4. The summed E-state index contributed by atoms with van der Waals surface area (Å²) in [4.78, 5) is 7.20. The fourth-order valence-electron chi connectivity index (χ4n) is 3.91. The van der Waals surface area contributed by atoms with Crippen molar-refractivity contribution in [3.8, 4) is 5.75 Å². The van der Waals surface area contributed by atoms with Crippen molar-refractivity contribution in [3.05, 3.63) is 54.7 Å². The van der Waals surface area contributed by atoms with E-state index in [0.29, 0.717) is 11.7 Å². The summed E-state index contributed by atoms with van der Waals surface area (Å²) in [6.07, 6.45) is 3.70. The maximum atomic E-state index is 13.5. The average Bonchev–Trinajstić information content (AvgIpc) is 2.73. The standard InChI is InChI=1S/C22H24N2O3S/c1-16-7-6-12-24(15-16)22-19-13-17(27-2)10-11-20(19)23-14-21(22)28(25,26)18-8-4-3-5-9-18/h3-5,8-11,13-14,16H,6-7,12,15H2,1-2H3/t16-/m1/s1. The topological polar surface area (TPSA) is 59.5 Å². The van der Waals surface area contributed by atoms with Crippen LogP contribution in [0.5, 0.6) is 5.75 Å². The summed E-state index contributed by atoms with van der Waals surface area (Å²) in [6.45, 7) is 3.87. The number of fused-ring (bicyclic) bond motifs is 1. The molecule has 1 aliphatic rings. The largest absolute Gasteiger partial charge is 0.497 e. The fourth-order valence-corrected chi connectivity index (χ4v) is 5.36. The van der Waals surface area contributed by atoms with Crippen molar-refractivity contribution in [1.29, 1.82) is 0 Å². The third-order valence-electron chi connectivity index (χ3n) is 5.33. The van der Waals surface area contributed by atoms with Crippen LogP contribution >= 0.6 is 0 Å². The van der Waals surface area contributed by atoms with Gasteiger partial charge in [-0.25, -0.2) is 8.42 Å². The first-order valence-electron chi connectivity index (χ1n) is 9.52. The van der Waals surface area contributed by atoms with Gasteiger partial charge in [-0.1, -0.05) is 25.1 Å². The van der Waals surface area contributed by atoms with Crippen LogP contribution in [0.15, 0.2) is 64.5 Å². The van der Waals surface area contributed by atoms with Gasteiger partial charge in [0.15, 0.2) is 0 Å². The second-order valence-corrected chi connectivity index (χ2v) is 9.28. The predicted octanol–water partition coefficient (Wildman–Crippen LogP) is 4.31. The van der Waals surface area contributed by atoms with Crippen LogP contribution in [-0.2, 0) is 9.84 Å². The lowest BCUT2D eigenvalue weighted by Gasteiger charge is -2.34. The molecule has 2 aromatic carbocycles. The van der Waals surface area contributed by atoms with E-state index in [2.05, 4.69) is 16.8 Å². The predicted molar refractivity (Wildman–Crippen MR) is 111 cm³/mol. The van der Waals surface area contributed by atoms with Gasteiger partial charge in [0, 0.05) is 24.7 Å². The van der Waals surface area contributed by atoms with Crippen LogP contribution in [0, 0.1) is 5.92 Å². The number of methoxy groups -OCH3 is 1. The molecule has 4 rings (SSSR count). The van der Waals surface area contributed by atoms with Gasteiger partial charge in [-0.3, -0.25) is 4.98 Å². The Hall–Kier alpha value is -2.60. The molecule has 1 aromatic heterocycles. The molecule has 0 amide bonds. The van der Waals surface area contributed by atoms with Gasteiger partial charge in [0.2, 0.25) is 9.84 Å². The summed E-state index contributed by atoms with van der Waals surface area (Å²) in [5.41, 5.74) is 1.50. The van der Waals surface area contributed by atoms with Crippen LogP contribution in [0.3, 0.4) is 0 Å². The van der Waals surface area contributed by atoms with E-state index in [4.69, 9.17) is 4.74 Å². The number of pyridine rings is 1. The van der Waals surface area contributed by atoms with E-state index in [-0.39, 0.29) is 9.79 Å². The molecular formula is C22H24N2O3S. The number of nitrogens with zero attached hydrogens (tertiary/aromatic N) is 2. The second kappa shape index (κ2) is 7.43. The fraction of sp³-hybridized carbons (Fsp3) is 0.318. The minimum atomic E-state index is -3.69. The molecule has 28 heavy (non-hydrogen) atoms. The zero-order valence-electron chi connectivity index (χ0n) is 16.1. The molecule has 5 nitrogen and oxygen atoms in total. The van der Waals surface area contributed by atoms with E-state index >= 15 is 0 Å². The third-order valence-corrected chi connectivity index (χ3v) is 7.10. The lowest BCUT2D eigenvalue weighted by molar-refractivity contribution is 0.415. The number of benzene rings is 2. The molecule has 0 aliphatic carbocycles. The summed E-state index contributed by atoms with van der Waals surface area (Å²) >= 11 is 0. The van der Waals surface area contributed by atoms with E-state index in [9.17, 15) is 8.42 Å². The lowest BCUT2D eigenvalue weighted by Crippen LogP contribution is -2.35. The molecule has 0 bridgehead atoms. The van der Waals surface area contributed by atoms with Crippen molar-refractivity contribution < 1.29 is 13.2 Å². The molecule has 1 saturated heterocycles. The molecule has 146 valence electrons. The van der Waals surface area contributed by atoms with Crippen LogP contribution in [0.4, 0.5) is 5.69 Å². The van der Waals surface area contributed by atoms with Crippen LogP contribution in [0.1, 0.15) is 19.8 Å². The van der Waals surface area contributed by atoms with Crippen LogP contribution in [-0.4, -0.2) is 33.6 Å². The Bertz CT molecular complexity index is 1100. The number of hydrogen-bond acceptors (Lipinski definition) is 5. The van der Waals surface area contributed by atoms with Crippen molar-refractivity contribution in [2.75, 3.05) is 25.1 Å². The Morgan fingerprint density at radius 2 is 1.93 bits per heavy atom. The number of piperidine rings is 1. The zero-order valence-corrected chi connectivity index (χ0v) is 16.9. The Balaban J connectivity index is 1.99. The molecule has 3 aromatic rings. The zero-order chi connectivity index (χ0) is 19.7. The molecule has 0 radical (unpaired) electrons. The third kappa shape index (κ3) is 3.33. The Kier molecular flexibility index (Phi) is 4.98. The van der Waals surface area contributed by atoms with Crippen LogP contribution in [0.25, 0.3) is 10.9 Å². The van der Waals surface area contributed by atoms with Gasteiger partial charge < -0.3 is 9.64 Å². The molecule has 0 saturated carbocycles. The summed E-state index contributed by atoms with van der Waals surface area (Å²) in [7, 11) is -2.08. The minimum absolute atomic E-state index is 0.258. The van der Waals surface area contributed by atoms with E-state index < -0.39 is 9.84 Å². The van der Waals surface area contributed by atoms with E-state index in [1.165, 1.54) is 6.20 Å². The number of hydrogen-bond donors (Lipinski definition) is 0. The number of aromatic nitrogens is 1. The highest BCUT2D eigenvalue weighted by molar-refractivity contribution is 7.91. The first kappa shape index (κ1) is 18.7. The van der Waals surface area contributed by atoms with Gasteiger partial charge in [-0.15, -0.1) is 0 Å². The van der Waals surface area contributed by atoms with E-state index in [1.807, 2.05) is 24.3 Å². The molecule has 0 spiro atoms. The van der Waals surface area contributed by atoms with Crippen molar-refractivity contribution in [2.45, 2.75) is 29.6 Å². The van der Waals surface area contributed by atoms with Gasteiger partial charge in [-0.2, -0.15) is 0 Å². The van der Waals surface area contributed by atoms with Gasteiger partial charge >= 0.3 is 0 Å². The summed E-state index contributed by atoms with van der Waals surface area (Å²) in [5.74, 6) is 1.20. The Morgan fingerprint density at radius 3 is 2.64 bits per heavy atom. The average molecular weight is 397 g/mol. The molecule has 1 atom stereocenters.